The van der Waals surface area contributed by atoms with Gasteiger partial charge in [0.05, 0.1) is 20.8 Å². The first kappa shape index (κ1) is 25.7. The van der Waals surface area contributed by atoms with E-state index in [1.165, 1.54) is 15.6 Å². The molecule has 0 fully saturated rings. The van der Waals surface area contributed by atoms with Gasteiger partial charge in [0.1, 0.15) is 22.7 Å². The Hall–Kier alpha value is -4.34. The largest absolute Gasteiger partial charge is 0.497 e. The SMILES string of the molecule is COc1ccc(CCNC(=O)c2cc3n(n2)C[C@@](C)(C(=O)NCc2ccccc2)N(C)C3=O)c(OC)c1. The van der Waals surface area contributed by atoms with Crippen molar-refractivity contribution in [3.8, 4) is 11.5 Å². The van der Waals surface area contributed by atoms with Crippen LogP contribution in [0.2, 0.25) is 0 Å². The van der Waals surface area contributed by atoms with E-state index in [4.69, 9.17) is 9.47 Å². The molecule has 1 atom stereocenters. The van der Waals surface area contributed by atoms with Gasteiger partial charge in [-0.25, -0.2) is 0 Å². The zero-order valence-corrected chi connectivity index (χ0v) is 21.4. The van der Waals surface area contributed by atoms with E-state index in [0.29, 0.717) is 31.0 Å². The third-order valence-electron chi connectivity index (χ3n) is 6.69. The van der Waals surface area contributed by atoms with Gasteiger partial charge in [-0.2, -0.15) is 5.10 Å². The molecule has 1 aliphatic heterocycles. The number of rotatable bonds is 9. The van der Waals surface area contributed by atoms with E-state index in [2.05, 4.69) is 15.7 Å². The molecule has 2 heterocycles. The standard InChI is InChI=1S/C27H31N5O5/c1-27(26(35)29-16-18-8-6-5-7-9-18)17-32-22(25(34)31(27)2)15-21(30-32)24(33)28-13-12-19-10-11-20(36-3)14-23(19)37-4/h5-11,14-15H,12-13,16-17H2,1-4H3,(H,28,33)(H,29,35)/t27-/m0/s1. The van der Waals surface area contributed by atoms with Crippen molar-refractivity contribution in [3.63, 3.8) is 0 Å². The predicted molar refractivity (Wildman–Crippen MR) is 137 cm³/mol. The van der Waals surface area contributed by atoms with Gasteiger partial charge in [0.15, 0.2) is 5.69 Å². The summed E-state index contributed by atoms with van der Waals surface area (Å²) in [6.45, 7) is 2.51. The van der Waals surface area contributed by atoms with Crippen LogP contribution in [-0.4, -0.2) is 65.8 Å². The monoisotopic (exact) mass is 505 g/mol. The molecule has 10 heteroatoms. The number of likely N-dealkylation sites (N-methyl/N-ethyl adjacent to an activating group) is 1. The molecule has 0 unspecified atom stereocenters. The maximum Gasteiger partial charge on any atom is 0.272 e. The highest BCUT2D eigenvalue weighted by molar-refractivity contribution is 6.01. The van der Waals surface area contributed by atoms with Crippen molar-refractivity contribution in [2.24, 2.45) is 0 Å². The molecule has 1 aliphatic rings. The lowest BCUT2D eigenvalue weighted by Crippen LogP contribution is -2.62. The van der Waals surface area contributed by atoms with E-state index in [1.54, 1.807) is 34.3 Å². The first-order valence-electron chi connectivity index (χ1n) is 11.9. The van der Waals surface area contributed by atoms with Crippen molar-refractivity contribution < 1.29 is 23.9 Å². The van der Waals surface area contributed by atoms with E-state index in [1.807, 2.05) is 42.5 Å². The second kappa shape index (κ2) is 10.7. The molecule has 10 nitrogen and oxygen atoms in total. The van der Waals surface area contributed by atoms with Gasteiger partial charge in [-0.05, 0) is 30.5 Å². The molecule has 194 valence electrons. The molecule has 37 heavy (non-hydrogen) atoms. The zero-order chi connectivity index (χ0) is 26.6. The molecule has 0 saturated heterocycles. The number of carbonyl (C=O) groups excluding carboxylic acids is 3. The smallest absolute Gasteiger partial charge is 0.272 e. The Morgan fingerprint density at radius 1 is 1.05 bits per heavy atom. The Bertz CT molecular complexity index is 1310. The summed E-state index contributed by atoms with van der Waals surface area (Å²) in [6.07, 6.45) is 0.536. The molecule has 0 radical (unpaired) electrons. The van der Waals surface area contributed by atoms with Gasteiger partial charge in [-0.15, -0.1) is 0 Å². The minimum atomic E-state index is -1.16. The molecular weight excluding hydrogens is 474 g/mol. The molecule has 2 aromatic carbocycles. The summed E-state index contributed by atoms with van der Waals surface area (Å²) in [5, 5.41) is 10.1. The summed E-state index contributed by atoms with van der Waals surface area (Å²) in [5.74, 6) is 0.277. The van der Waals surface area contributed by atoms with Gasteiger partial charge in [0.2, 0.25) is 5.91 Å². The minimum absolute atomic E-state index is 0.118. The Morgan fingerprint density at radius 2 is 1.81 bits per heavy atom. The number of nitrogens with zero attached hydrogens (tertiary/aromatic N) is 3. The van der Waals surface area contributed by atoms with Crippen LogP contribution in [0.15, 0.2) is 54.6 Å². The Kier molecular flexibility index (Phi) is 7.47. The number of benzene rings is 2. The Labute approximate surface area is 215 Å². The summed E-state index contributed by atoms with van der Waals surface area (Å²) < 4.78 is 12.1. The van der Waals surface area contributed by atoms with Crippen LogP contribution in [0, 0.1) is 0 Å². The number of hydrogen-bond donors (Lipinski definition) is 2. The molecule has 0 aliphatic carbocycles. The number of ether oxygens (including phenoxy) is 2. The molecule has 3 aromatic rings. The second-order valence-electron chi connectivity index (χ2n) is 9.06. The van der Waals surface area contributed by atoms with Gasteiger partial charge in [-0.3, -0.25) is 19.1 Å². The van der Waals surface area contributed by atoms with Crippen molar-refractivity contribution in [3.05, 3.63) is 77.1 Å². The van der Waals surface area contributed by atoms with E-state index in [-0.39, 0.29) is 29.7 Å². The average molecular weight is 506 g/mol. The van der Waals surface area contributed by atoms with Crippen LogP contribution in [0.4, 0.5) is 0 Å². The van der Waals surface area contributed by atoms with Gasteiger partial charge in [0.25, 0.3) is 11.8 Å². The lowest BCUT2D eigenvalue weighted by molar-refractivity contribution is -0.132. The normalized spacial score (nSPS) is 16.6. The molecular formula is C27H31N5O5. The van der Waals surface area contributed by atoms with Crippen molar-refractivity contribution in [2.45, 2.75) is 32.0 Å². The number of hydrogen-bond acceptors (Lipinski definition) is 6. The van der Waals surface area contributed by atoms with Crippen LogP contribution in [0.1, 0.15) is 39.0 Å². The number of carbonyl (C=O) groups is 3. The number of nitrogens with one attached hydrogen (secondary N) is 2. The fraction of sp³-hybridized carbons (Fsp3) is 0.333. The topological polar surface area (TPSA) is 115 Å². The van der Waals surface area contributed by atoms with E-state index >= 15 is 0 Å². The van der Waals surface area contributed by atoms with Gasteiger partial charge >= 0.3 is 0 Å². The van der Waals surface area contributed by atoms with Crippen LogP contribution in [-0.2, 0) is 24.3 Å². The minimum Gasteiger partial charge on any atom is -0.497 e. The van der Waals surface area contributed by atoms with E-state index < -0.39 is 11.4 Å². The van der Waals surface area contributed by atoms with Crippen LogP contribution in [0.3, 0.4) is 0 Å². The molecule has 3 amide bonds. The highest BCUT2D eigenvalue weighted by Crippen LogP contribution is 2.27. The summed E-state index contributed by atoms with van der Waals surface area (Å²) in [6, 6.07) is 16.5. The molecule has 4 rings (SSSR count). The van der Waals surface area contributed by atoms with E-state index in [9.17, 15) is 14.4 Å². The summed E-state index contributed by atoms with van der Waals surface area (Å²) in [5.41, 5.74) is 1.09. The first-order valence-corrected chi connectivity index (χ1v) is 11.9. The highest BCUT2D eigenvalue weighted by atomic mass is 16.5. The highest BCUT2D eigenvalue weighted by Gasteiger charge is 2.46. The maximum absolute atomic E-state index is 13.1. The van der Waals surface area contributed by atoms with Crippen LogP contribution >= 0.6 is 0 Å². The van der Waals surface area contributed by atoms with Gasteiger partial charge in [-0.1, -0.05) is 36.4 Å². The number of fused-ring (bicyclic) bond motifs is 1. The first-order chi connectivity index (χ1) is 17.8. The quantitative estimate of drug-likeness (QED) is 0.460. The fourth-order valence-electron chi connectivity index (χ4n) is 4.27. The van der Waals surface area contributed by atoms with Crippen molar-refractivity contribution >= 4 is 17.7 Å². The Balaban J connectivity index is 1.41. The third kappa shape index (κ3) is 5.28. The lowest BCUT2D eigenvalue weighted by atomic mass is 9.96. The number of amides is 3. The molecule has 0 saturated carbocycles. The summed E-state index contributed by atoms with van der Waals surface area (Å²) in [7, 11) is 4.75. The number of methoxy groups -OCH3 is 2. The zero-order valence-electron chi connectivity index (χ0n) is 21.4. The summed E-state index contributed by atoms with van der Waals surface area (Å²) >= 11 is 0. The van der Waals surface area contributed by atoms with Gasteiger partial charge < -0.3 is 25.0 Å². The van der Waals surface area contributed by atoms with Crippen molar-refractivity contribution in [1.29, 1.82) is 0 Å². The maximum atomic E-state index is 13.1. The second-order valence-corrected chi connectivity index (χ2v) is 9.06. The average Bonchev–Trinajstić information content (AvgIpc) is 3.35. The molecule has 1 aromatic heterocycles. The lowest BCUT2D eigenvalue weighted by Gasteiger charge is -2.40. The molecule has 0 bridgehead atoms. The number of aromatic nitrogens is 2. The third-order valence-corrected chi connectivity index (χ3v) is 6.69. The summed E-state index contributed by atoms with van der Waals surface area (Å²) in [4.78, 5) is 40.4. The van der Waals surface area contributed by atoms with Crippen LogP contribution in [0.25, 0.3) is 0 Å². The predicted octanol–water partition coefficient (Wildman–Crippen LogP) is 2.03. The van der Waals surface area contributed by atoms with Crippen molar-refractivity contribution in [2.75, 3.05) is 27.8 Å². The fourth-order valence-corrected chi connectivity index (χ4v) is 4.27. The van der Waals surface area contributed by atoms with Crippen LogP contribution < -0.4 is 20.1 Å². The van der Waals surface area contributed by atoms with Crippen LogP contribution in [0.5, 0.6) is 11.5 Å². The van der Waals surface area contributed by atoms with Gasteiger partial charge in [0, 0.05) is 32.3 Å². The Morgan fingerprint density at radius 3 is 2.51 bits per heavy atom. The molecule has 0 spiro atoms. The molecule has 2 N–H and O–H groups in total. The van der Waals surface area contributed by atoms with Crippen molar-refractivity contribution in [1.82, 2.24) is 25.3 Å². The van der Waals surface area contributed by atoms with E-state index in [0.717, 1.165) is 11.1 Å².